The van der Waals surface area contributed by atoms with E-state index in [1.807, 2.05) is 13.2 Å². The second-order valence-corrected chi connectivity index (χ2v) is 7.70. The molecule has 0 saturated heterocycles. The van der Waals surface area contributed by atoms with E-state index in [1.165, 1.54) is 0 Å². The molecule has 1 aromatic rings. The average molecular weight is 319 g/mol. The summed E-state index contributed by atoms with van der Waals surface area (Å²) in [4.78, 5) is 3.31. The third kappa shape index (κ3) is 5.47. The van der Waals surface area contributed by atoms with E-state index in [0.29, 0.717) is 17.5 Å². The summed E-state index contributed by atoms with van der Waals surface area (Å²) in [6.07, 6.45) is 4.31. The van der Waals surface area contributed by atoms with Crippen LogP contribution in [0.25, 0.3) is 0 Å². The first kappa shape index (κ1) is 17.6. The monoisotopic (exact) mass is 319 g/mol. The van der Waals surface area contributed by atoms with Gasteiger partial charge in [-0.2, -0.15) is 11.8 Å². The number of thioether (sulfide) groups is 1. The highest BCUT2D eigenvalue weighted by Gasteiger charge is 2.20. The highest BCUT2D eigenvalue weighted by atomic mass is 32.2. The lowest BCUT2D eigenvalue weighted by Crippen LogP contribution is -2.35. The predicted octanol–water partition coefficient (Wildman–Crippen LogP) is 1.93. The van der Waals surface area contributed by atoms with Gasteiger partial charge >= 0.3 is 0 Å². The first-order valence-corrected chi connectivity index (χ1v) is 9.68. The summed E-state index contributed by atoms with van der Waals surface area (Å²) in [5.41, 5.74) is 0.872. The first-order chi connectivity index (χ1) is 9.39. The summed E-state index contributed by atoms with van der Waals surface area (Å²) in [5.74, 6) is 0.780. The number of hydrogen-bond donors (Lipinski definition) is 3. The lowest BCUT2D eigenvalue weighted by atomic mass is 10.3. The first-order valence-electron chi connectivity index (χ1n) is 6.81. The molecule has 0 bridgehead atoms. The molecule has 0 aliphatic heterocycles. The van der Waals surface area contributed by atoms with Crippen molar-refractivity contribution in [3.8, 4) is 0 Å². The Morgan fingerprint density at radius 1 is 1.40 bits per heavy atom. The van der Waals surface area contributed by atoms with Gasteiger partial charge in [-0.05, 0) is 18.7 Å². The Labute approximate surface area is 126 Å². The Morgan fingerprint density at radius 2 is 2.10 bits per heavy atom. The minimum Gasteiger partial charge on any atom is -0.363 e. The molecule has 0 fully saturated rings. The fourth-order valence-corrected chi connectivity index (χ4v) is 3.88. The summed E-state index contributed by atoms with van der Waals surface area (Å²) in [7, 11) is -3.43. The molecule has 0 aromatic carbocycles. The number of aromatic amines is 1. The van der Waals surface area contributed by atoms with E-state index in [2.05, 4.69) is 28.9 Å². The second-order valence-electron chi connectivity index (χ2n) is 5.08. The quantitative estimate of drug-likeness (QED) is 0.650. The molecular formula is C13H25N3O2S2. The zero-order valence-electron chi connectivity index (χ0n) is 12.6. The SMILES string of the molecule is CCC(CSC)NS(=O)(=O)c1c[nH]c(CNC(C)C)c1. The molecule has 0 radical (unpaired) electrons. The molecule has 7 heteroatoms. The van der Waals surface area contributed by atoms with Crippen molar-refractivity contribution in [2.45, 2.75) is 50.7 Å². The van der Waals surface area contributed by atoms with Gasteiger partial charge in [-0.1, -0.05) is 20.8 Å². The van der Waals surface area contributed by atoms with Crippen LogP contribution in [0.5, 0.6) is 0 Å². The summed E-state index contributed by atoms with van der Waals surface area (Å²) < 4.78 is 27.3. The number of hydrogen-bond acceptors (Lipinski definition) is 4. The van der Waals surface area contributed by atoms with E-state index in [9.17, 15) is 8.42 Å². The van der Waals surface area contributed by atoms with Crippen LogP contribution in [0.2, 0.25) is 0 Å². The van der Waals surface area contributed by atoms with Crippen molar-refractivity contribution in [3.05, 3.63) is 18.0 Å². The van der Waals surface area contributed by atoms with Crippen molar-refractivity contribution >= 4 is 21.8 Å². The maximum Gasteiger partial charge on any atom is 0.242 e. The van der Waals surface area contributed by atoms with E-state index in [-0.39, 0.29) is 6.04 Å². The van der Waals surface area contributed by atoms with Crippen LogP contribution in [0.3, 0.4) is 0 Å². The van der Waals surface area contributed by atoms with E-state index in [0.717, 1.165) is 17.9 Å². The summed E-state index contributed by atoms with van der Waals surface area (Å²) in [6, 6.07) is 2.02. The van der Waals surface area contributed by atoms with Gasteiger partial charge in [0.05, 0.1) is 4.90 Å². The van der Waals surface area contributed by atoms with Gasteiger partial charge < -0.3 is 10.3 Å². The third-order valence-corrected chi connectivity index (χ3v) is 5.15. The van der Waals surface area contributed by atoms with Crippen LogP contribution in [-0.4, -0.2) is 37.5 Å². The molecule has 5 nitrogen and oxygen atoms in total. The number of sulfonamides is 1. The molecule has 0 amide bonds. The third-order valence-electron chi connectivity index (χ3n) is 2.91. The van der Waals surface area contributed by atoms with Crippen molar-refractivity contribution in [2.24, 2.45) is 0 Å². The zero-order chi connectivity index (χ0) is 15.2. The Kier molecular flexibility index (Phi) is 7.08. The molecule has 1 unspecified atom stereocenters. The van der Waals surface area contributed by atoms with Crippen LogP contribution >= 0.6 is 11.8 Å². The van der Waals surface area contributed by atoms with Crippen LogP contribution in [0.1, 0.15) is 32.9 Å². The van der Waals surface area contributed by atoms with Crippen molar-refractivity contribution in [2.75, 3.05) is 12.0 Å². The highest BCUT2D eigenvalue weighted by Crippen LogP contribution is 2.13. The largest absolute Gasteiger partial charge is 0.363 e. The molecule has 1 aromatic heterocycles. The van der Waals surface area contributed by atoms with Crippen LogP contribution in [0.4, 0.5) is 0 Å². The van der Waals surface area contributed by atoms with Gasteiger partial charge in [0.2, 0.25) is 10.0 Å². The van der Waals surface area contributed by atoms with E-state index < -0.39 is 10.0 Å². The molecule has 0 saturated carbocycles. The standard InChI is InChI=1S/C13H25N3O2S2/c1-5-11(9-19-4)16-20(17,18)13-6-12(15-8-13)7-14-10(2)3/h6,8,10-11,14-16H,5,7,9H2,1-4H3. The molecule has 0 aliphatic rings. The van der Waals surface area contributed by atoms with Gasteiger partial charge in [0.25, 0.3) is 0 Å². The smallest absolute Gasteiger partial charge is 0.242 e. The lowest BCUT2D eigenvalue weighted by molar-refractivity contribution is 0.558. The van der Waals surface area contributed by atoms with E-state index >= 15 is 0 Å². The number of rotatable bonds is 9. The molecule has 3 N–H and O–H groups in total. The summed E-state index contributed by atoms with van der Waals surface area (Å²) in [5, 5.41) is 3.25. The van der Waals surface area contributed by atoms with E-state index in [4.69, 9.17) is 0 Å². The van der Waals surface area contributed by atoms with Crippen molar-refractivity contribution in [3.63, 3.8) is 0 Å². The van der Waals surface area contributed by atoms with E-state index in [1.54, 1.807) is 24.0 Å². The molecule has 20 heavy (non-hydrogen) atoms. The van der Waals surface area contributed by atoms with Gasteiger partial charge in [-0.25, -0.2) is 13.1 Å². The Hall–Kier alpha value is -0.500. The fraction of sp³-hybridized carbons (Fsp3) is 0.692. The molecule has 1 heterocycles. The van der Waals surface area contributed by atoms with Crippen LogP contribution in [-0.2, 0) is 16.6 Å². The Bertz CT molecular complexity index is 497. The number of aromatic nitrogens is 1. The van der Waals surface area contributed by atoms with Gasteiger partial charge in [0.15, 0.2) is 0 Å². The normalized spacial score (nSPS) is 13.8. The topological polar surface area (TPSA) is 74.0 Å². The van der Waals surface area contributed by atoms with Crippen LogP contribution in [0, 0.1) is 0 Å². The highest BCUT2D eigenvalue weighted by molar-refractivity contribution is 7.98. The molecule has 116 valence electrons. The lowest BCUT2D eigenvalue weighted by Gasteiger charge is -2.15. The Balaban J connectivity index is 2.72. The van der Waals surface area contributed by atoms with Gasteiger partial charge in [0.1, 0.15) is 0 Å². The van der Waals surface area contributed by atoms with Crippen LogP contribution < -0.4 is 10.0 Å². The molecule has 0 spiro atoms. The maximum absolute atomic E-state index is 12.3. The average Bonchev–Trinajstić information content (AvgIpc) is 2.85. The fourth-order valence-electron chi connectivity index (χ4n) is 1.71. The van der Waals surface area contributed by atoms with Crippen molar-refractivity contribution in [1.82, 2.24) is 15.0 Å². The summed E-state index contributed by atoms with van der Waals surface area (Å²) >= 11 is 1.64. The molecular weight excluding hydrogens is 294 g/mol. The number of H-pyrrole nitrogens is 1. The van der Waals surface area contributed by atoms with Gasteiger partial charge in [0, 0.05) is 36.3 Å². The summed E-state index contributed by atoms with van der Waals surface area (Å²) in [6.45, 7) is 6.72. The molecule has 0 aliphatic carbocycles. The van der Waals surface area contributed by atoms with Crippen molar-refractivity contribution < 1.29 is 8.42 Å². The molecule has 1 rings (SSSR count). The second kappa shape index (κ2) is 8.07. The van der Waals surface area contributed by atoms with Crippen LogP contribution in [0.15, 0.2) is 17.2 Å². The minimum absolute atomic E-state index is 0.0258. The van der Waals surface area contributed by atoms with Crippen molar-refractivity contribution in [1.29, 1.82) is 0 Å². The molecule has 1 atom stereocenters. The van der Waals surface area contributed by atoms with Gasteiger partial charge in [-0.15, -0.1) is 0 Å². The van der Waals surface area contributed by atoms with Gasteiger partial charge in [-0.3, -0.25) is 0 Å². The predicted molar refractivity (Wildman–Crippen MR) is 85.6 cm³/mol. The number of nitrogens with one attached hydrogen (secondary N) is 3. The minimum atomic E-state index is -3.43. The Morgan fingerprint density at radius 3 is 2.65 bits per heavy atom. The maximum atomic E-state index is 12.3. The zero-order valence-corrected chi connectivity index (χ0v) is 14.2.